The molecule has 0 aliphatic rings. The van der Waals surface area contributed by atoms with Gasteiger partial charge in [-0.05, 0) is 19.1 Å². The molecule has 0 aromatic heterocycles. The second-order valence-electron chi connectivity index (χ2n) is 3.35. The Bertz CT molecular complexity index is 316. The first-order chi connectivity index (χ1) is 6.64. The minimum Gasteiger partial charge on any atom is -0.198 e. The number of alkyl halides is 1. The largest absolute Gasteiger partial charge is 0.198 e. The first kappa shape index (κ1) is 11.4. The average Bonchev–Trinajstić information content (AvgIpc) is 2.17. The van der Waals surface area contributed by atoms with Gasteiger partial charge < -0.3 is 0 Å². The van der Waals surface area contributed by atoms with E-state index < -0.39 is 4.87 Å². The van der Waals surface area contributed by atoms with Crippen molar-refractivity contribution in [1.82, 2.24) is 0 Å². The maximum Gasteiger partial charge on any atom is 0.0641 e. The van der Waals surface area contributed by atoms with Gasteiger partial charge in [0.1, 0.15) is 0 Å². The molecule has 0 bridgehead atoms. The summed E-state index contributed by atoms with van der Waals surface area (Å²) in [5, 5.41) is 8.56. The molecule has 0 saturated carbocycles. The van der Waals surface area contributed by atoms with E-state index in [-0.39, 0.29) is 0 Å². The van der Waals surface area contributed by atoms with E-state index in [9.17, 15) is 0 Å². The summed E-state index contributed by atoms with van der Waals surface area (Å²) in [6, 6.07) is 12.2. The zero-order valence-corrected chi connectivity index (χ0v) is 9.61. The van der Waals surface area contributed by atoms with Crippen LogP contribution >= 0.6 is 23.4 Å². The van der Waals surface area contributed by atoms with Crippen molar-refractivity contribution in [2.75, 3.05) is 5.75 Å². The van der Waals surface area contributed by atoms with E-state index in [1.54, 1.807) is 11.8 Å². The molecule has 0 fully saturated rings. The molecule has 0 amide bonds. The summed E-state index contributed by atoms with van der Waals surface area (Å²) in [6.45, 7) is 1.90. The number of rotatable bonds is 4. The van der Waals surface area contributed by atoms with E-state index in [2.05, 4.69) is 6.07 Å². The lowest BCUT2D eigenvalue weighted by atomic mass is 10.1. The Balaban J connectivity index is 2.45. The molecule has 0 aliphatic heterocycles. The number of halogens is 1. The first-order valence-corrected chi connectivity index (χ1v) is 5.74. The topological polar surface area (TPSA) is 23.8 Å². The van der Waals surface area contributed by atoms with Crippen molar-refractivity contribution in [2.24, 2.45) is 0 Å². The lowest BCUT2D eigenvalue weighted by Crippen LogP contribution is -2.18. The lowest BCUT2D eigenvalue weighted by molar-refractivity contribution is 0.731. The molecular formula is C11H12ClNS. The van der Waals surface area contributed by atoms with Gasteiger partial charge in [0.15, 0.2) is 0 Å². The standard InChI is InChI=1S/C11H12ClNS/c1-11(12,7-8-13)9-14-10-5-3-2-4-6-10/h2-6H,7,9H2,1H3. The van der Waals surface area contributed by atoms with Crippen LogP contribution < -0.4 is 0 Å². The fourth-order valence-electron chi connectivity index (χ4n) is 0.966. The van der Waals surface area contributed by atoms with Crippen LogP contribution in [-0.2, 0) is 0 Å². The Labute approximate surface area is 94.1 Å². The molecule has 1 rings (SSSR count). The third kappa shape index (κ3) is 4.04. The fraction of sp³-hybridized carbons (Fsp3) is 0.364. The predicted octanol–water partition coefficient (Wildman–Crippen LogP) is 3.69. The van der Waals surface area contributed by atoms with Crippen LogP contribution in [0.25, 0.3) is 0 Å². The second kappa shape index (κ2) is 5.29. The summed E-state index contributed by atoms with van der Waals surface area (Å²) >= 11 is 7.83. The van der Waals surface area contributed by atoms with E-state index >= 15 is 0 Å². The smallest absolute Gasteiger partial charge is 0.0641 e. The number of hydrogen-bond donors (Lipinski definition) is 0. The summed E-state index contributed by atoms with van der Waals surface area (Å²) in [5.74, 6) is 0.756. The average molecular weight is 226 g/mol. The molecule has 74 valence electrons. The van der Waals surface area contributed by atoms with Gasteiger partial charge in [-0.3, -0.25) is 0 Å². The maximum atomic E-state index is 8.56. The highest BCUT2D eigenvalue weighted by Gasteiger charge is 2.20. The Morgan fingerprint density at radius 3 is 2.64 bits per heavy atom. The van der Waals surface area contributed by atoms with Gasteiger partial charge in [0.2, 0.25) is 0 Å². The molecule has 0 aliphatic carbocycles. The molecule has 1 aromatic rings. The van der Waals surface area contributed by atoms with Gasteiger partial charge in [-0.1, -0.05) is 18.2 Å². The summed E-state index contributed by atoms with van der Waals surface area (Å²) in [4.78, 5) is 0.771. The van der Waals surface area contributed by atoms with E-state index in [0.717, 1.165) is 5.75 Å². The van der Waals surface area contributed by atoms with Crippen LogP contribution in [-0.4, -0.2) is 10.6 Å². The summed E-state index contributed by atoms with van der Waals surface area (Å²) in [7, 11) is 0. The molecule has 0 saturated heterocycles. The molecule has 1 nitrogen and oxygen atoms in total. The quantitative estimate of drug-likeness (QED) is 0.577. The molecule has 0 radical (unpaired) electrons. The molecular weight excluding hydrogens is 214 g/mol. The van der Waals surface area contributed by atoms with Crippen molar-refractivity contribution >= 4 is 23.4 Å². The Morgan fingerprint density at radius 1 is 1.43 bits per heavy atom. The van der Waals surface area contributed by atoms with Crippen LogP contribution in [0.4, 0.5) is 0 Å². The molecule has 1 atom stereocenters. The SMILES string of the molecule is CC(Cl)(CC#N)CSc1ccccc1. The molecule has 0 spiro atoms. The van der Waals surface area contributed by atoms with Gasteiger partial charge in [0.25, 0.3) is 0 Å². The van der Waals surface area contributed by atoms with Crippen molar-refractivity contribution in [3.8, 4) is 6.07 Å². The Morgan fingerprint density at radius 2 is 2.07 bits per heavy atom. The summed E-state index contributed by atoms with van der Waals surface area (Å²) in [5.41, 5.74) is 0. The molecule has 1 unspecified atom stereocenters. The molecule has 3 heteroatoms. The highest BCUT2D eigenvalue weighted by molar-refractivity contribution is 7.99. The second-order valence-corrected chi connectivity index (χ2v) is 5.31. The van der Waals surface area contributed by atoms with Crippen molar-refractivity contribution in [2.45, 2.75) is 23.1 Å². The van der Waals surface area contributed by atoms with Gasteiger partial charge in [-0.2, -0.15) is 5.26 Å². The van der Waals surface area contributed by atoms with Gasteiger partial charge in [0.05, 0.1) is 17.4 Å². The minimum atomic E-state index is -0.421. The Kier molecular flexibility index (Phi) is 4.31. The monoisotopic (exact) mass is 225 g/mol. The summed E-state index contributed by atoms with van der Waals surface area (Å²) in [6.07, 6.45) is 0.383. The Hall–Kier alpha value is -0.650. The van der Waals surface area contributed by atoms with Crippen molar-refractivity contribution in [3.63, 3.8) is 0 Å². The van der Waals surface area contributed by atoms with Crippen molar-refractivity contribution < 1.29 is 0 Å². The van der Waals surface area contributed by atoms with Crippen LogP contribution in [0.3, 0.4) is 0 Å². The zero-order valence-electron chi connectivity index (χ0n) is 8.03. The van der Waals surface area contributed by atoms with Crippen LogP contribution in [0, 0.1) is 11.3 Å². The van der Waals surface area contributed by atoms with Gasteiger partial charge in [-0.25, -0.2) is 0 Å². The van der Waals surface area contributed by atoms with Crippen LogP contribution in [0.1, 0.15) is 13.3 Å². The summed E-state index contributed by atoms with van der Waals surface area (Å²) < 4.78 is 0. The number of nitrogens with zero attached hydrogens (tertiary/aromatic N) is 1. The minimum absolute atomic E-state index is 0.383. The van der Waals surface area contributed by atoms with Gasteiger partial charge in [0, 0.05) is 10.6 Å². The number of benzene rings is 1. The first-order valence-electron chi connectivity index (χ1n) is 4.38. The van der Waals surface area contributed by atoms with E-state index in [1.807, 2.05) is 37.3 Å². The van der Waals surface area contributed by atoms with Crippen molar-refractivity contribution in [3.05, 3.63) is 30.3 Å². The molecule has 0 heterocycles. The zero-order chi connectivity index (χ0) is 10.4. The van der Waals surface area contributed by atoms with Crippen molar-refractivity contribution in [1.29, 1.82) is 5.26 Å². The molecule has 0 N–H and O–H groups in total. The van der Waals surface area contributed by atoms with E-state index in [1.165, 1.54) is 4.90 Å². The lowest BCUT2D eigenvalue weighted by Gasteiger charge is -2.17. The van der Waals surface area contributed by atoms with Gasteiger partial charge >= 0.3 is 0 Å². The van der Waals surface area contributed by atoms with Crippen LogP contribution in [0.2, 0.25) is 0 Å². The number of hydrogen-bond acceptors (Lipinski definition) is 2. The van der Waals surface area contributed by atoms with E-state index in [4.69, 9.17) is 16.9 Å². The van der Waals surface area contributed by atoms with Gasteiger partial charge in [-0.15, -0.1) is 23.4 Å². The third-order valence-corrected chi connectivity index (χ3v) is 3.54. The number of nitriles is 1. The van der Waals surface area contributed by atoms with Crippen LogP contribution in [0.5, 0.6) is 0 Å². The molecule has 14 heavy (non-hydrogen) atoms. The van der Waals surface area contributed by atoms with E-state index in [0.29, 0.717) is 6.42 Å². The number of thioether (sulfide) groups is 1. The van der Waals surface area contributed by atoms with Crippen LogP contribution in [0.15, 0.2) is 35.2 Å². The third-order valence-electron chi connectivity index (χ3n) is 1.73. The fourth-order valence-corrected chi connectivity index (χ4v) is 2.11. The highest BCUT2D eigenvalue weighted by atomic mass is 35.5. The normalized spacial score (nSPS) is 14.4. The molecule has 1 aromatic carbocycles. The predicted molar refractivity (Wildman–Crippen MR) is 61.7 cm³/mol. The maximum absolute atomic E-state index is 8.56. The highest BCUT2D eigenvalue weighted by Crippen LogP contribution is 2.28.